The number of aliphatic hydroxyl groups is 4. The molecule has 0 aromatic heterocycles. The molecule has 1 saturated carbocycles. The zero-order chi connectivity index (χ0) is 46.1. The highest BCUT2D eigenvalue weighted by molar-refractivity contribution is 6.09. The van der Waals surface area contributed by atoms with E-state index in [1.165, 1.54) is 78.2 Å². The van der Waals surface area contributed by atoms with Crippen molar-refractivity contribution in [3.63, 3.8) is 0 Å². The Labute approximate surface area is 369 Å². The lowest BCUT2D eigenvalue weighted by molar-refractivity contribution is -0.160. The zero-order valence-corrected chi connectivity index (χ0v) is 37.9. The largest absolute Gasteiger partial charge is 0.507 e. The van der Waals surface area contributed by atoms with Crippen molar-refractivity contribution in [1.29, 1.82) is 0 Å². The van der Waals surface area contributed by atoms with Gasteiger partial charge in [0.25, 0.3) is 11.7 Å². The quantitative estimate of drug-likeness (QED) is 0.180. The van der Waals surface area contributed by atoms with Gasteiger partial charge in [0, 0.05) is 105 Å². The summed E-state index contributed by atoms with van der Waals surface area (Å²) in [4.78, 5) is 43.3. The Morgan fingerprint density at radius 2 is 1.60 bits per heavy atom. The maximum absolute atomic E-state index is 14.6. The first-order valence-corrected chi connectivity index (χ1v) is 22.1. The molecule has 0 radical (unpaired) electrons. The summed E-state index contributed by atoms with van der Waals surface area (Å²) in [5.41, 5.74) is -0.228. The van der Waals surface area contributed by atoms with Crippen molar-refractivity contribution in [1.82, 2.24) is 15.2 Å². The smallest absolute Gasteiger partial charge is 0.312 e. The summed E-state index contributed by atoms with van der Waals surface area (Å²) in [5.74, 6) is -6.90. The standard InChI is InChI=1S/C47H66N4O12/c1-24-13-12-14-25(2)46(59)49-37-32(23-48-51-20-18-50(19-21-51)31-15-10-11-16-31)41(56)34-35(42(37)57)40(55)29(6)44-36(34)45(58)47(8,63-44)61-22-17-33(60-9)26(3)43(62-30(7)52)28(5)39(54)27(4)38(24)53/h12-14,17,22-24,26-28,31,33,38-39,41-43,53-57H,10-11,15-16,18-21H2,1-9H3,(H,49,59)/b13-12-,22-17?,25-14-,48-23+/t24-,26+,27+,28+,33-,38-,39+,41?,42?,43+,47-/m0/s1. The third-order valence-electron chi connectivity index (χ3n) is 13.8. The van der Waals surface area contributed by atoms with Crippen molar-refractivity contribution in [2.75, 3.05) is 33.3 Å². The molecule has 0 spiro atoms. The number of benzene rings is 1. The molecule has 346 valence electrons. The van der Waals surface area contributed by atoms with E-state index in [1.54, 1.807) is 46.8 Å². The maximum Gasteiger partial charge on any atom is 0.312 e. The number of hydrazone groups is 1. The number of ether oxygens (including phenoxy) is 4. The SMILES string of the molecule is CO[C@H]1C=CO[C@@]2(C)Oc3c(C)c(O)c4c(c3C2=O)C(O)C(/C=N/N2CCN(C3CCCC3)CC2)=C(NC(=O)/C(C)=C\C=C/[C@H](C)[C@H](O)[C@@H](C)[C@@H](O)[C@@H](C)[C@H](OC(C)=O)[C@@H]1C)C4O. The summed E-state index contributed by atoms with van der Waals surface area (Å²) < 4.78 is 23.8. The van der Waals surface area contributed by atoms with E-state index >= 15 is 0 Å². The van der Waals surface area contributed by atoms with Crippen molar-refractivity contribution in [2.24, 2.45) is 28.8 Å². The fourth-order valence-corrected chi connectivity index (χ4v) is 9.76. The molecule has 16 nitrogen and oxygen atoms in total. The summed E-state index contributed by atoms with van der Waals surface area (Å²) in [6, 6.07) is 0.561. The monoisotopic (exact) mass is 878 g/mol. The average Bonchev–Trinajstić information content (AvgIpc) is 3.89. The minimum atomic E-state index is -2.02. The number of piperazine rings is 1. The fourth-order valence-electron chi connectivity index (χ4n) is 9.76. The number of carbonyl (C=O) groups excluding carboxylic acids is 3. The van der Waals surface area contributed by atoms with Crippen LogP contribution in [0, 0.1) is 30.6 Å². The molecule has 1 amide bonds. The van der Waals surface area contributed by atoms with Crippen LogP contribution in [-0.2, 0) is 23.8 Å². The molecule has 4 heterocycles. The molecule has 2 aliphatic carbocycles. The average molecular weight is 879 g/mol. The van der Waals surface area contributed by atoms with Gasteiger partial charge in [-0.15, -0.1) is 0 Å². The number of hydrogen-bond donors (Lipinski definition) is 6. The summed E-state index contributed by atoms with van der Waals surface area (Å²) in [6.07, 6.45) is 6.51. The van der Waals surface area contributed by atoms with Crippen LogP contribution in [0.4, 0.5) is 0 Å². The Balaban J connectivity index is 1.43. The van der Waals surface area contributed by atoms with Crippen molar-refractivity contribution >= 4 is 23.9 Å². The van der Waals surface area contributed by atoms with Gasteiger partial charge < -0.3 is 49.8 Å². The molecule has 7 rings (SSSR count). The zero-order valence-electron chi connectivity index (χ0n) is 37.9. The number of rotatable bonds is 5. The summed E-state index contributed by atoms with van der Waals surface area (Å²) in [6.45, 7) is 15.5. The minimum Gasteiger partial charge on any atom is -0.507 e. The minimum absolute atomic E-state index is 0.00446. The van der Waals surface area contributed by atoms with Crippen LogP contribution >= 0.6 is 0 Å². The van der Waals surface area contributed by atoms with Gasteiger partial charge in [0.15, 0.2) is 0 Å². The number of Topliss-reactive ketones (excluding diaryl/α,β-unsaturated/α-hetero) is 1. The number of allylic oxidation sites excluding steroid dienone is 2. The number of phenolic OH excluding ortho intramolecular Hbond substituents is 1. The van der Waals surface area contributed by atoms with Gasteiger partial charge in [0.2, 0.25) is 0 Å². The first-order chi connectivity index (χ1) is 29.8. The van der Waals surface area contributed by atoms with Gasteiger partial charge >= 0.3 is 11.8 Å². The number of hydrogen-bond acceptors (Lipinski definition) is 15. The first-order valence-electron chi connectivity index (χ1n) is 22.1. The number of methoxy groups -OCH3 is 1. The van der Waals surface area contributed by atoms with Crippen LogP contribution in [0.15, 0.2) is 52.5 Å². The van der Waals surface area contributed by atoms with Crippen LogP contribution < -0.4 is 10.1 Å². The van der Waals surface area contributed by atoms with Gasteiger partial charge in [0.1, 0.15) is 29.8 Å². The van der Waals surface area contributed by atoms with Crippen LogP contribution in [0.25, 0.3) is 0 Å². The van der Waals surface area contributed by atoms with Crippen molar-refractivity contribution in [3.05, 3.63) is 69.7 Å². The summed E-state index contributed by atoms with van der Waals surface area (Å²) in [5, 5.41) is 68.4. The molecule has 6 N–H and O–H groups in total. The van der Waals surface area contributed by atoms with Gasteiger partial charge in [0.05, 0.1) is 42.0 Å². The van der Waals surface area contributed by atoms with E-state index in [0.29, 0.717) is 19.1 Å². The molecule has 1 aromatic carbocycles. The number of phenols is 1. The van der Waals surface area contributed by atoms with Gasteiger partial charge in [-0.25, -0.2) is 0 Å². The van der Waals surface area contributed by atoms with E-state index in [-0.39, 0.29) is 44.8 Å². The van der Waals surface area contributed by atoms with Crippen LogP contribution in [0.2, 0.25) is 0 Å². The van der Waals surface area contributed by atoms with Crippen LogP contribution in [-0.4, -0.2) is 129 Å². The molecule has 5 bridgehead atoms. The number of fused-ring (bicyclic) bond motifs is 14. The van der Waals surface area contributed by atoms with E-state index in [1.807, 2.05) is 5.01 Å². The number of aliphatic hydroxyl groups excluding tert-OH is 4. The van der Waals surface area contributed by atoms with E-state index in [4.69, 9.17) is 24.0 Å². The highest BCUT2D eigenvalue weighted by Gasteiger charge is 2.52. The molecule has 2 fully saturated rings. The molecule has 6 aliphatic rings. The summed E-state index contributed by atoms with van der Waals surface area (Å²) in [7, 11) is 1.45. The van der Waals surface area contributed by atoms with E-state index in [0.717, 1.165) is 13.1 Å². The van der Waals surface area contributed by atoms with E-state index in [9.17, 15) is 39.9 Å². The van der Waals surface area contributed by atoms with Gasteiger partial charge in [-0.1, -0.05) is 58.8 Å². The second-order valence-electron chi connectivity index (χ2n) is 18.1. The second kappa shape index (κ2) is 19.7. The Hall–Kier alpha value is -4.58. The highest BCUT2D eigenvalue weighted by atomic mass is 16.7. The van der Waals surface area contributed by atoms with Gasteiger partial charge in [-0.05, 0) is 32.8 Å². The molecule has 2 unspecified atom stereocenters. The topological polar surface area (TPSA) is 220 Å². The molecular weight excluding hydrogens is 813 g/mol. The van der Waals surface area contributed by atoms with Gasteiger partial charge in [-0.3, -0.25) is 24.3 Å². The fraction of sp³-hybridized carbons (Fsp3) is 0.617. The predicted molar refractivity (Wildman–Crippen MR) is 233 cm³/mol. The van der Waals surface area contributed by atoms with Crippen LogP contribution in [0.5, 0.6) is 11.5 Å². The van der Waals surface area contributed by atoms with Crippen molar-refractivity contribution in [2.45, 2.75) is 130 Å². The number of carbonyl (C=O) groups is 3. The number of nitrogens with one attached hydrogen (secondary N) is 1. The lowest BCUT2D eigenvalue weighted by Gasteiger charge is -2.38. The van der Waals surface area contributed by atoms with Crippen molar-refractivity contribution in [3.8, 4) is 11.5 Å². The van der Waals surface area contributed by atoms with Gasteiger partial charge in [-0.2, -0.15) is 5.10 Å². The molecular formula is C47H66N4O12. The molecule has 11 atom stereocenters. The third-order valence-corrected chi connectivity index (χ3v) is 13.8. The highest BCUT2D eigenvalue weighted by Crippen LogP contribution is 2.53. The number of aromatic hydroxyl groups is 1. The predicted octanol–water partition coefficient (Wildman–Crippen LogP) is 4.25. The molecule has 1 aromatic rings. The first kappa shape index (κ1) is 47.9. The Morgan fingerprint density at radius 1 is 0.937 bits per heavy atom. The molecule has 4 aliphatic heterocycles. The van der Waals surface area contributed by atoms with E-state index < -0.39 is 89.5 Å². The van der Waals surface area contributed by atoms with E-state index in [2.05, 4.69) is 10.2 Å². The number of amides is 1. The van der Waals surface area contributed by atoms with Crippen LogP contribution in [0.1, 0.15) is 113 Å². The molecule has 1 saturated heterocycles. The lowest BCUT2D eigenvalue weighted by atomic mass is 9.78. The third kappa shape index (κ3) is 9.62. The second-order valence-corrected chi connectivity index (χ2v) is 18.1. The Kier molecular flexibility index (Phi) is 14.9. The number of ketones is 1. The van der Waals surface area contributed by atoms with Crippen LogP contribution in [0.3, 0.4) is 0 Å². The number of nitrogens with zero attached hydrogens (tertiary/aromatic N) is 3. The Bertz CT molecular complexity index is 2050. The molecule has 63 heavy (non-hydrogen) atoms. The summed E-state index contributed by atoms with van der Waals surface area (Å²) >= 11 is 0. The van der Waals surface area contributed by atoms with Crippen molar-refractivity contribution < 1.29 is 58.9 Å². The maximum atomic E-state index is 14.6. The molecule has 16 heteroatoms. The lowest BCUT2D eigenvalue weighted by Crippen LogP contribution is -2.48. The normalized spacial score (nSPS) is 35.3. The Morgan fingerprint density at radius 3 is 2.24 bits per heavy atom. The number of esters is 1.